The van der Waals surface area contributed by atoms with Crippen LogP contribution in [0.25, 0.3) is 0 Å². The summed E-state index contributed by atoms with van der Waals surface area (Å²) in [6, 6.07) is 6.57. The van der Waals surface area contributed by atoms with Gasteiger partial charge in [0.2, 0.25) is 10.0 Å². The fourth-order valence-corrected chi connectivity index (χ4v) is 5.45. The molecule has 0 saturated carbocycles. The first kappa shape index (κ1) is 23.8. The summed E-state index contributed by atoms with van der Waals surface area (Å²) >= 11 is 0. The number of urea groups is 1. The standard InChI is InChI=1S/C21H34N4O5S/c1-16(2)23-20(27)25-10-8-21(9-11-25)14-24(3)13-17(26)12-22-31(28,29)19-7-5-4-6-18(19)30-15-21/h4-7,16-17,22,26H,8-15H2,1-3H3,(H,23,27). The van der Waals surface area contributed by atoms with Crippen LogP contribution in [0.15, 0.2) is 29.2 Å². The molecule has 2 heterocycles. The van der Waals surface area contributed by atoms with Crippen molar-refractivity contribution >= 4 is 16.1 Å². The molecule has 1 atom stereocenters. The van der Waals surface area contributed by atoms with Crippen LogP contribution in [-0.2, 0) is 10.0 Å². The van der Waals surface area contributed by atoms with E-state index in [-0.39, 0.29) is 28.9 Å². The Bertz CT molecular complexity index is 868. The van der Waals surface area contributed by atoms with E-state index in [1.54, 1.807) is 18.2 Å². The molecule has 3 rings (SSSR count). The Hall–Kier alpha value is -1.88. The van der Waals surface area contributed by atoms with Crippen molar-refractivity contribution in [2.75, 3.05) is 46.4 Å². The number of aliphatic hydroxyl groups is 1. The van der Waals surface area contributed by atoms with Crippen molar-refractivity contribution in [3.63, 3.8) is 0 Å². The molecule has 1 unspecified atom stereocenters. The predicted octanol–water partition coefficient (Wildman–Crippen LogP) is 0.850. The first-order chi connectivity index (χ1) is 14.6. The summed E-state index contributed by atoms with van der Waals surface area (Å²) in [5, 5.41) is 13.3. The second-order valence-electron chi connectivity index (χ2n) is 9.03. The number of nitrogens with zero attached hydrogens (tertiary/aromatic N) is 2. The van der Waals surface area contributed by atoms with Crippen molar-refractivity contribution in [2.45, 2.75) is 43.7 Å². The van der Waals surface area contributed by atoms with Gasteiger partial charge in [0, 0.05) is 44.2 Å². The maximum Gasteiger partial charge on any atom is 0.317 e. The highest BCUT2D eigenvalue weighted by Gasteiger charge is 2.39. The van der Waals surface area contributed by atoms with Gasteiger partial charge in [-0.25, -0.2) is 17.9 Å². The van der Waals surface area contributed by atoms with E-state index >= 15 is 0 Å². The Labute approximate surface area is 184 Å². The lowest BCUT2D eigenvalue weighted by molar-refractivity contribution is 0.0241. The molecule has 0 aliphatic carbocycles. The molecule has 1 aromatic carbocycles. The van der Waals surface area contributed by atoms with Gasteiger partial charge < -0.3 is 25.0 Å². The number of hydrogen-bond acceptors (Lipinski definition) is 6. The molecular weight excluding hydrogens is 420 g/mol. The quantitative estimate of drug-likeness (QED) is 0.580. The van der Waals surface area contributed by atoms with Gasteiger partial charge in [-0.2, -0.15) is 0 Å². The Morgan fingerprint density at radius 2 is 1.97 bits per heavy atom. The van der Waals surface area contributed by atoms with Gasteiger partial charge in [0.25, 0.3) is 0 Å². The number of piperidine rings is 1. The van der Waals surface area contributed by atoms with Gasteiger partial charge in [0.15, 0.2) is 0 Å². The Kier molecular flexibility index (Phi) is 7.46. The maximum absolute atomic E-state index is 12.7. The van der Waals surface area contributed by atoms with Crippen LogP contribution in [0.2, 0.25) is 0 Å². The van der Waals surface area contributed by atoms with Crippen molar-refractivity contribution in [1.82, 2.24) is 19.8 Å². The number of fused-ring (bicyclic) bond motifs is 1. The summed E-state index contributed by atoms with van der Waals surface area (Å²) in [5.74, 6) is 0.298. The number of ether oxygens (including phenoxy) is 1. The number of likely N-dealkylation sites (N-methyl/N-ethyl adjacent to an activating group) is 1. The third kappa shape index (κ3) is 6.09. The summed E-state index contributed by atoms with van der Waals surface area (Å²) in [4.78, 5) is 16.3. The van der Waals surface area contributed by atoms with Gasteiger partial charge in [0.05, 0.1) is 12.7 Å². The smallest absolute Gasteiger partial charge is 0.317 e. The van der Waals surface area contributed by atoms with E-state index in [2.05, 4.69) is 10.0 Å². The number of rotatable bonds is 1. The van der Waals surface area contributed by atoms with Gasteiger partial charge >= 0.3 is 6.03 Å². The van der Waals surface area contributed by atoms with Crippen molar-refractivity contribution in [3.05, 3.63) is 24.3 Å². The first-order valence-electron chi connectivity index (χ1n) is 10.7. The number of para-hydroxylation sites is 1. The molecule has 1 fully saturated rings. The Morgan fingerprint density at radius 1 is 1.29 bits per heavy atom. The highest BCUT2D eigenvalue weighted by Crippen LogP contribution is 2.35. The van der Waals surface area contributed by atoms with Crippen molar-refractivity contribution in [1.29, 1.82) is 0 Å². The van der Waals surface area contributed by atoms with E-state index in [0.717, 1.165) is 12.8 Å². The molecule has 2 amide bonds. The van der Waals surface area contributed by atoms with Gasteiger partial charge in [-0.1, -0.05) is 12.1 Å². The maximum atomic E-state index is 12.7. The van der Waals surface area contributed by atoms with E-state index < -0.39 is 16.1 Å². The average molecular weight is 455 g/mol. The summed E-state index contributed by atoms with van der Waals surface area (Å²) in [6.07, 6.45) is 0.624. The van der Waals surface area contributed by atoms with Crippen molar-refractivity contribution < 1.29 is 23.1 Å². The molecule has 2 aliphatic heterocycles. The van der Waals surface area contributed by atoms with E-state index in [1.807, 2.05) is 30.7 Å². The highest BCUT2D eigenvalue weighted by atomic mass is 32.2. The van der Waals surface area contributed by atoms with Gasteiger partial charge in [0.1, 0.15) is 10.6 Å². The second-order valence-corrected chi connectivity index (χ2v) is 10.8. The number of likely N-dealkylation sites (tertiary alicyclic amines) is 1. The SMILES string of the molecule is CC(C)NC(=O)N1CCC2(CC1)COc1ccccc1S(=O)(=O)NCC(O)CN(C)C2. The lowest BCUT2D eigenvalue weighted by Gasteiger charge is -2.44. The third-order valence-corrected chi connectivity index (χ3v) is 7.30. The largest absolute Gasteiger partial charge is 0.492 e. The number of amides is 2. The van der Waals surface area contributed by atoms with Crippen LogP contribution in [0.5, 0.6) is 5.75 Å². The summed E-state index contributed by atoms with van der Waals surface area (Å²) in [5.41, 5.74) is -0.257. The lowest BCUT2D eigenvalue weighted by atomic mass is 9.78. The summed E-state index contributed by atoms with van der Waals surface area (Å²) in [7, 11) is -1.89. The number of carbonyl (C=O) groups excluding carboxylic acids is 1. The topological polar surface area (TPSA) is 111 Å². The van der Waals surface area contributed by atoms with Crippen LogP contribution in [0.1, 0.15) is 26.7 Å². The molecule has 174 valence electrons. The summed E-state index contributed by atoms with van der Waals surface area (Å²) < 4.78 is 34.1. The number of β-amino-alcohol motifs (C(OH)–C–C–N with tert-alkyl or cyclic N) is 1. The molecule has 1 aromatic rings. The first-order valence-corrected chi connectivity index (χ1v) is 12.2. The van der Waals surface area contributed by atoms with Gasteiger partial charge in [-0.15, -0.1) is 0 Å². The third-order valence-electron chi connectivity index (χ3n) is 5.83. The molecule has 0 bridgehead atoms. The normalized spacial score (nSPS) is 24.5. The summed E-state index contributed by atoms with van der Waals surface area (Å²) in [6.45, 7) is 6.34. The van der Waals surface area contributed by atoms with Gasteiger partial charge in [-0.05, 0) is 45.9 Å². The molecule has 31 heavy (non-hydrogen) atoms. The van der Waals surface area contributed by atoms with E-state index in [9.17, 15) is 18.3 Å². The number of aliphatic hydroxyl groups excluding tert-OH is 1. The zero-order valence-corrected chi connectivity index (χ0v) is 19.3. The van der Waals surface area contributed by atoms with Gasteiger partial charge in [-0.3, -0.25) is 0 Å². The minimum atomic E-state index is -3.81. The van der Waals surface area contributed by atoms with Crippen LogP contribution < -0.4 is 14.8 Å². The predicted molar refractivity (Wildman–Crippen MR) is 118 cm³/mol. The highest BCUT2D eigenvalue weighted by molar-refractivity contribution is 7.89. The number of carbonyl (C=O) groups is 1. The number of benzene rings is 1. The second kappa shape index (κ2) is 9.72. The molecule has 9 nitrogen and oxygen atoms in total. The molecule has 3 N–H and O–H groups in total. The van der Waals surface area contributed by atoms with Crippen LogP contribution in [0.3, 0.4) is 0 Å². The number of nitrogens with one attached hydrogen (secondary N) is 2. The monoisotopic (exact) mass is 454 g/mol. The molecule has 0 aromatic heterocycles. The fraction of sp³-hybridized carbons (Fsp3) is 0.667. The lowest BCUT2D eigenvalue weighted by Crippen LogP contribution is -2.53. The average Bonchev–Trinajstić information content (AvgIpc) is 2.70. The van der Waals surface area contributed by atoms with Crippen molar-refractivity contribution in [3.8, 4) is 5.75 Å². The van der Waals surface area contributed by atoms with Crippen LogP contribution >= 0.6 is 0 Å². The number of hydrogen-bond donors (Lipinski definition) is 3. The minimum absolute atomic E-state index is 0.0646. The molecule has 10 heteroatoms. The molecule has 0 radical (unpaired) electrons. The molecule has 2 aliphatic rings. The molecule has 1 saturated heterocycles. The molecule has 1 spiro atoms. The zero-order chi connectivity index (χ0) is 22.6. The zero-order valence-electron chi connectivity index (χ0n) is 18.5. The van der Waals surface area contributed by atoms with E-state index in [4.69, 9.17) is 4.74 Å². The molecular formula is C21H34N4O5S. The van der Waals surface area contributed by atoms with E-state index in [0.29, 0.717) is 38.5 Å². The van der Waals surface area contributed by atoms with Crippen LogP contribution in [0, 0.1) is 5.41 Å². The number of sulfonamides is 1. The van der Waals surface area contributed by atoms with Crippen LogP contribution in [-0.4, -0.2) is 87.9 Å². The fourth-order valence-electron chi connectivity index (χ4n) is 4.24. The van der Waals surface area contributed by atoms with Crippen LogP contribution in [0.4, 0.5) is 4.79 Å². The Balaban J connectivity index is 1.83. The minimum Gasteiger partial charge on any atom is -0.492 e. The van der Waals surface area contributed by atoms with E-state index in [1.165, 1.54) is 6.07 Å². The Morgan fingerprint density at radius 3 is 2.65 bits per heavy atom. The van der Waals surface area contributed by atoms with Crippen molar-refractivity contribution in [2.24, 2.45) is 5.41 Å².